The Hall–Kier alpha value is -2.41. The zero-order chi connectivity index (χ0) is 13.2. The van der Waals surface area contributed by atoms with Gasteiger partial charge in [-0.3, -0.25) is 5.41 Å². The standard InChI is InChI=1S/C12H10N6S/c13-10(14)7-5-6-15-18-11(7)19-12-16-8-3-1-2-4-9(8)17-12/h1-6H,(H3,13,14)(H,16,17). The molecule has 2 heterocycles. The number of hydrogen-bond donors (Lipinski definition) is 3. The summed E-state index contributed by atoms with van der Waals surface area (Å²) in [6.45, 7) is 0. The molecule has 1 aromatic carbocycles. The van der Waals surface area contributed by atoms with Crippen LogP contribution in [0.3, 0.4) is 0 Å². The first-order chi connectivity index (χ1) is 9.24. The number of amidine groups is 1. The molecule has 0 aliphatic rings. The lowest BCUT2D eigenvalue weighted by molar-refractivity contribution is 0.915. The van der Waals surface area contributed by atoms with E-state index in [1.54, 1.807) is 6.07 Å². The van der Waals surface area contributed by atoms with Gasteiger partial charge in [0.1, 0.15) is 10.9 Å². The number of imidazole rings is 1. The summed E-state index contributed by atoms with van der Waals surface area (Å²) in [6, 6.07) is 9.42. The third-order valence-corrected chi connectivity index (χ3v) is 3.42. The Balaban J connectivity index is 1.99. The highest BCUT2D eigenvalue weighted by Gasteiger charge is 2.11. The smallest absolute Gasteiger partial charge is 0.172 e. The fourth-order valence-corrected chi connectivity index (χ4v) is 2.53. The van der Waals surface area contributed by atoms with Crippen molar-refractivity contribution in [1.29, 1.82) is 5.41 Å². The van der Waals surface area contributed by atoms with Crippen molar-refractivity contribution in [3.8, 4) is 0 Å². The van der Waals surface area contributed by atoms with Crippen LogP contribution in [0, 0.1) is 5.41 Å². The van der Waals surface area contributed by atoms with E-state index in [4.69, 9.17) is 11.1 Å². The molecular weight excluding hydrogens is 260 g/mol. The number of aromatic nitrogens is 4. The average Bonchev–Trinajstić information content (AvgIpc) is 2.81. The van der Waals surface area contributed by atoms with Crippen LogP contribution in [0.15, 0.2) is 46.7 Å². The topological polar surface area (TPSA) is 104 Å². The number of para-hydroxylation sites is 2. The molecule has 0 saturated heterocycles. The van der Waals surface area contributed by atoms with E-state index in [0.717, 1.165) is 11.0 Å². The number of nitrogens with zero attached hydrogens (tertiary/aromatic N) is 3. The summed E-state index contributed by atoms with van der Waals surface area (Å²) in [5, 5.41) is 16.6. The van der Waals surface area contributed by atoms with Gasteiger partial charge in [0.25, 0.3) is 0 Å². The Morgan fingerprint density at radius 2 is 2.11 bits per heavy atom. The molecule has 0 aliphatic carbocycles. The van der Waals surface area contributed by atoms with E-state index < -0.39 is 0 Å². The van der Waals surface area contributed by atoms with Crippen LogP contribution in [0.5, 0.6) is 0 Å². The maximum atomic E-state index is 7.52. The fourth-order valence-electron chi connectivity index (χ4n) is 1.67. The molecular formula is C12H10N6S. The third kappa shape index (κ3) is 2.27. The lowest BCUT2D eigenvalue weighted by Crippen LogP contribution is -2.13. The minimum Gasteiger partial charge on any atom is -0.384 e. The molecule has 19 heavy (non-hydrogen) atoms. The highest BCUT2D eigenvalue weighted by atomic mass is 32.2. The van der Waals surface area contributed by atoms with Gasteiger partial charge in [-0.25, -0.2) is 4.98 Å². The normalized spacial score (nSPS) is 10.7. The zero-order valence-corrected chi connectivity index (χ0v) is 10.6. The maximum absolute atomic E-state index is 7.52. The van der Waals surface area contributed by atoms with Crippen molar-refractivity contribution in [2.75, 3.05) is 0 Å². The molecule has 6 nitrogen and oxygen atoms in total. The Kier molecular flexibility index (Phi) is 2.88. The molecule has 0 bridgehead atoms. The SMILES string of the molecule is N=C(N)c1ccnnc1Sc1nc2ccccc2[nH]1. The minimum absolute atomic E-state index is 0.0338. The highest BCUT2D eigenvalue weighted by Crippen LogP contribution is 2.27. The molecule has 2 aromatic heterocycles. The molecule has 7 heteroatoms. The molecule has 0 fully saturated rings. The Bertz CT molecular complexity index is 718. The number of hydrogen-bond acceptors (Lipinski definition) is 5. The first-order valence-electron chi connectivity index (χ1n) is 5.53. The van der Waals surface area contributed by atoms with Crippen molar-refractivity contribution in [2.24, 2.45) is 5.73 Å². The van der Waals surface area contributed by atoms with E-state index in [1.807, 2.05) is 24.3 Å². The molecule has 0 radical (unpaired) electrons. The predicted molar refractivity (Wildman–Crippen MR) is 73.3 cm³/mol. The molecule has 0 spiro atoms. The van der Waals surface area contributed by atoms with Crippen LogP contribution in [-0.4, -0.2) is 26.0 Å². The van der Waals surface area contributed by atoms with Crippen molar-refractivity contribution >= 4 is 28.6 Å². The predicted octanol–water partition coefficient (Wildman–Crippen LogP) is 1.79. The van der Waals surface area contributed by atoms with E-state index >= 15 is 0 Å². The van der Waals surface area contributed by atoms with Crippen molar-refractivity contribution in [2.45, 2.75) is 10.2 Å². The number of rotatable bonds is 3. The second-order valence-electron chi connectivity index (χ2n) is 3.82. The molecule has 0 aliphatic heterocycles. The van der Waals surface area contributed by atoms with Gasteiger partial charge < -0.3 is 10.7 Å². The summed E-state index contributed by atoms with van der Waals surface area (Å²) >= 11 is 1.31. The van der Waals surface area contributed by atoms with Crippen molar-refractivity contribution < 1.29 is 0 Å². The van der Waals surface area contributed by atoms with Gasteiger partial charge in [-0.2, -0.15) is 5.10 Å². The summed E-state index contributed by atoms with van der Waals surface area (Å²) in [6.07, 6.45) is 1.51. The molecule has 94 valence electrons. The van der Waals surface area contributed by atoms with E-state index in [2.05, 4.69) is 20.2 Å². The number of fused-ring (bicyclic) bond motifs is 1. The minimum atomic E-state index is -0.0338. The first kappa shape index (κ1) is 11.7. The van der Waals surface area contributed by atoms with E-state index in [9.17, 15) is 0 Å². The third-order valence-electron chi connectivity index (χ3n) is 2.54. The summed E-state index contributed by atoms with van der Waals surface area (Å²) in [7, 11) is 0. The molecule has 0 unspecified atom stereocenters. The monoisotopic (exact) mass is 270 g/mol. The Morgan fingerprint density at radius 1 is 1.26 bits per heavy atom. The van der Waals surface area contributed by atoms with Gasteiger partial charge in [0, 0.05) is 0 Å². The molecule has 3 aromatic rings. The number of nitrogens with one attached hydrogen (secondary N) is 2. The van der Waals surface area contributed by atoms with Crippen LogP contribution in [0.25, 0.3) is 11.0 Å². The summed E-state index contributed by atoms with van der Waals surface area (Å²) in [5.41, 5.74) is 7.91. The molecule has 0 atom stereocenters. The summed E-state index contributed by atoms with van der Waals surface area (Å²) in [4.78, 5) is 7.62. The average molecular weight is 270 g/mol. The lowest BCUT2D eigenvalue weighted by Gasteiger charge is -2.02. The van der Waals surface area contributed by atoms with Gasteiger partial charge in [-0.05, 0) is 30.0 Å². The Labute approximate surface area is 113 Å². The van der Waals surface area contributed by atoms with Gasteiger partial charge in [0.15, 0.2) is 5.16 Å². The number of nitrogens with two attached hydrogens (primary N) is 1. The van der Waals surface area contributed by atoms with E-state index in [1.165, 1.54) is 18.0 Å². The number of nitrogen functional groups attached to an aromatic ring is 1. The molecule has 0 amide bonds. The van der Waals surface area contributed by atoms with Crippen LogP contribution in [0.2, 0.25) is 0 Å². The lowest BCUT2D eigenvalue weighted by atomic mass is 10.3. The van der Waals surface area contributed by atoms with Gasteiger partial charge >= 0.3 is 0 Å². The number of benzene rings is 1. The van der Waals surface area contributed by atoms with Gasteiger partial charge in [0.05, 0.1) is 22.8 Å². The highest BCUT2D eigenvalue weighted by molar-refractivity contribution is 7.99. The molecule has 4 N–H and O–H groups in total. The number of aromatic amines is 1. The summed E-state index contributed by atoms with van der Waals surface area (Å²) in [5.74, 6) is -0.0338. The second kappa shape index (κ2) is 4.69. The Morgan fingerprint density at radius 3 is 2.89 bits per heavy atom. The fraction of sp³-hybridized carbons (Fsp3) is 0. The van der Waals surface area contributed by atoms with Crippen LogP contribution >= 0.6 is 11.8 Å². The summed E-state index contributed by atoms with van der Waals surface area (Å²) < 4.78 is 0. The van der Waals surface area contributed by atoms with E-state index in [0.29, 0.717) is 15.7 Å². The molecule has 3 rings (SSSR count). The van der Waals surface area contributed by atoms with Crippen LogP contribution in [0.4, 0.5) is 0 Å². The second-order valence-corrected chi connectivity index (χ2v) is 4.80. The van der Waals surface area contributed by atoms with Gasteiger partial charge in [-0.1, -0.05) is 12.1 Å². The number of H-pyrrole nitrogens is 1. The first-order valence-corrected chi connectivity index (χ1v) is 6.34. The van der Waals surface area contributed by atoms with Crippen LogP contribution < -0.4 is 5.73 Å². The van der Waals surface area contributed by atoms with Gasteiger partial charge in [-0.15, -0.1) is 5.10 Å². The van der Waals surface area contributed by atoms with Crippen molar-refractivity contribution in [3.63, 3.8) is 0 Å². The van der Waals surface area contributed by atoms with Crippen LogP contribution in [-0.2, 0) is 0 Å². The quantitative estimate of drug-likeness (QED) is 0.497. The molecule has 0 saturated carbocycles. The zero-order valence-electron chi connectivity index (χ0n) is 9.79. The largest absolute Gasteiger partial charge is 0.384 e. The van der Waals surface area contributed by atoms with Gasteiger partial charge in [0.2, 0.25) is 0 Å². The maximum Gasteiger partial charge on any atom is 0.172 e. The van der Waals surface area contributed by atoms with Crippen LogP contribution in [0.1, 0.15) is 5.56 Å². The van der Waals surface area contributed by atoms with Crippen molar-refractivity contribution in [1.82, 2.24) is 20.2 Å². The van der Waals surface area contributed by atoms with Crippen molar-refractivity contribution in [3.05, 3.63) is 42.1 Å². The van der Waals surface area contributed by atoms with E-state index in [-0.39, 0.29) is 5.84 Å².